The lowest BCUT2D eigenvalue weighted by molar-refractivity contribution is -0.152. The van der Waals surface area contributed by atoms with Gasteiger partial charge >= 0.3 is 5.97 Å². The molecule has 0 radical (unpaired) electrons. The second-order valence-electron chi connectivity index (χ2n) is 5.69. The lowest BCUT2D eigenvalue weighted by atomic mass is 10.1. The van der Waals surface area contributed by atoms with E-state index in [4.69, 9.17) is 10.00 Å². The fourth-order valence-electron chi connectivity index (χ4n) is 2.61. The lowest BCUT2D eigenvalue weighted by Crippen LogP contribution is -2.46. The number of nitrogens with zero attached hydrogens (tertiary/aromatic N) is 2. The number of amides is 3. The molecule has 0 saturated carbocycles. The summed E-state index contributed by atoms with van der Waals surface area (Å²) in [5.41, 5.74) is 0.498. The molecule has 1 aliphatic heterocycles. The zero-order chi connectivity index (χ0) is 19.8. The summed E-state index contributed by atoms with van der Waals surface area (Å²) in [6.07, 6.45) is 2.21. The van der Waals surface area contributed by atoms with Crippen molar-refractivity contribution in [3.05, 3.63) is 35.4 Å². The molecule has 3 amide bonds. The van der Waals surface area contributed by atoms with Gasteiger partial charge < -0.3 is 10.1 Å². The van der Waals surface area contributed by atoms with Crippen molar-refractivity contribution < 1.29 is 23.9 Å². The predicted octanol–water partition coefficient (Wildman–Crippen LogP) is 0.977. The summed E-state index contributed by atoms with van der Waals surface area (Å²) in [5.74, 6) is -1.92. The van der Waals surface area contributed by atoms with E-state index in [2.05, 4.69) is 5.32 Å². The number of hydrogen-bond acceptors (Lipinski definition) is 7. The molecule has 0 bridgehead atoms. The molecule has 1 aromatic rings. The van der Waals surface area contributed by atoms with E-state index in [1.54, 1.807) is 12.1 Å². The number of esters is 1. The Balaban J connectivity index is 2.08. The van der Waals surface area contributed by atoms with Crippen LogP contribution in [0.4, 0.5) is 0 Å². The molecule has 1 unspecified atom stereocenters. The Morgan fingerprint density at radius 1 is 1.26 bits per heavy atom. The molecule has 142 valence electrons. The first-order valence-corrected chi connectivity index (χ1v) is 9.66. The summed E-state index contributed by atoms with van der Waals surface area (Å²) in [6, 6.07) is 7.15. The van der Waals surface area contributed by atoms with Crippen LogP contribution in [0.3, 0.4) is 0 Å². The van der Waals surface area contributed by atoms with Gasteiger partial charge in [0.05, 0.1) is 23.6 Å². The average Bonchev–Trinajstić information content (AvgIpc) is 2.92. The summed E-state index contributed by atoms with van der Waals surface area (Å²) in [5, 5.41) is 10.9. The number of fused-ring (bicyclic) bond motifs is 1. The highest BCUT2D eigenvalue weighted by molar-refractivity contribution is 7.98. The summed E-state index contributed by atoms with van der Waals surface area (Å²) in [4.78, 5) is 50.3. The standard InChI is InChI=1S/C18H19N3O5S/c1-27-10-7-14(18(25)26-11-15(22)20-9-4-8-19)21-16(23)12-5-2-3-6-13(12)17(21)24/h2-3,5-6,14H,4,7,9-11H2,1H3,(H,20,22). The van der Waals surface area contributed by atoms with Crippen molar-refractivity contribution in [1.29, 1.82) is 5.26 Å². The molecule has 0 spiro atoms. The fourth-order valence-corrected chi connectivity index (χ4v) is 3.07. The van der Waals surface area contributed by atoms with Gasteiger partial charge in [-0.2, -0.15) is 17.0 Å². The molecule has 8 nitrogen and oxygen atoms in total. The van der Waals surface area contributed by atoms with Gasteiger partial charge in [0.25, 0.3) is 17.7 Å². The molecule has 0 aliphatic carbocycles. The van der Waals surface area contributed by atoms with Crippen molar-refractivity contribution in [2.75, 3.05) is 25.2 Å². The Kier molecular flexibility index (Phi) is 7.37. The van der Waals surface area contributed by atoms with Crippen molar-refractivity contribution >= 4 is 35.5 Å². The third kappa shape index (κ3) is 4.86. The van der Waals surface area contributed by atoms with E-state index in [9.17, 15) is 19.2 Å². The van der Waals surface area contributed by atoms with Crippen LogP contribution in [-0.2, 0) is 14.3 Å². The maximum Gasteiger partial charge on any atom is 0.329 e. The molecule has 2 rings (SSSR count). The Morgan fingerprint density at radius 2 is 1.89 bits per heavy atom. The van der Waals surface area contributed by atoms with Gasteiger partial charge in [-0.1, -0.05) is 12.1 Å². The highest BCUT2D eigenvalue weighted by Crippen LogP contribution is 2.26. The fraction of sp³-hybridized carbons (Fsp3) is 0.389. The maximum atomic E-state index is 12.6. The molecule has 0 aromatic heterocycles. The molecule has 1 heterocycles. The normalized spacial score (nSPS) is 13.7. The van der Waals surface area contributed by atoms with Gasteiger partial charge in [0.2, 0.25) is 0 Å². The minimum atomic E-state index is -1.10. The Morgan fingerprint density at radius 3 is 2.44 bits per heavy atom. The second-order valence-corrected chi connectivity index (χ2v) is 6.67. The van der Waals surface area contributed by atoms with Gasteiger partial charge in [0.15, 0.2) is 6.61 Å². The molecular weight excluding hydrogens is 370 g/mol. The van der Waals surface area contributed by atoms with Crippen LogP contribution in [0.2, 0.25) is 0 Å². The Bertz CT molecular complexity index is 754. The van der Waals surface area contributed by atoms with Crippen molar-refractivity contribution in [2.45, 2.75) is 18.9 Å². The van der Waals surface area contributed by atoms with E-state index in [0.717, 1.165) is 4.90 Å². The number of rotatable bonds is 9. The number of nitrogens with one attached hydrogen (secondary N) is 1. The highest BCUT2D eigenvalue weighted by Gasteiger charge is 2.43. The highest BCUT2D eigenvalue weighted by atomic mass is 32.2. The summed E-state index contributed by atoms with van der Waals surface area (Å²) < 4.78 is 5.01. The minimum Gasteiger partial charge on any atom is -0.454 e. The van der Waals surface area contributed by atoms with Crippen LogP contribution < -0.4 is 5.32 Å². The van der Waals surface area contributed by atoms with E-state index in [0.29, 0.717) is 5.75 Å². The average molecular weight is 389 g/mol. The van der Waals surface area contributed by atoms with Crippen molar-refractivity contribution in [3.8, 4) is 6.07 Å². The molecule has 1 atom stereocenters. The first-order chi connectivity index (χ1) is 13.0. The van der Waals surface area contributed by atoms with Gasteiger partial charge in [-0.05, 0) is 30.6 Å². The summed E-state index contributed by atoms with van der Waals surface area (Å²) >= 11 is 1.46. The Hall–Kier alpha value is -2.86. The molecule has 0 fully saturated rings. The first kappa shape index (κ1) is 20.5. The van der Waals surface area contributed by atoms with Crippen LogP contribution in [0.1, 0.15) is 33.6 Å². The van der Waals surface area contributed by atoms with Crippen molar-refractivity contribution in [1.82, 2.24) is 10.2 Å². The molecule has 27 heavy (non-hydrogen) atoms. The van der Waals surface area contributed by atoms with Crippen LogP contribution >= 0.6 is 11.8 Å². The number of hydrogen-bond donors (Lipinski definition) is 1. The zero-order valence-corrected chi connectivity index (χ0v) is 15.6. The van der Waals surface area contributed by atoms with Gasteiger partial charge in [-0.25, -0.2) is 4.79 Å². The number of ether oxygens (including phenoxy) is 1. The zero-order valence-electron chi connectivity index (χ0n) is 14.8. The molecule has 1 aromatic carbocycles. The number of carbonyl (C=O) groups excluding carboxylic acids is 4. The van der Waals surface area contributed by atoms with E-state index < -0.39 is 36.3 Å². The Labute approximate surface area is 160 Å². The van der Waals surface area contributed by atoms with Crippen LogP contribution in [0, 0.1) is 11.3 Å². The van der Waals surface area contributed by atoms with E-state index in [-0.39, 0.29) is 30.5 Å². The van der Waals surface area contributed by atoms with E-state index in [1.165, 1.54) is 23.9 Å². The predicted molar refractivity (Wildman–Crippen MR) is 97.9 cm³/mol. The van der Waals surface area contributed by atoms with Crippen LogP contribution in [-0.4, -0.2) is 59.8 Å². The van der Waals surface area contributed by atoms with Crippen molar-refractivity contribution in [2.24, 2.45) is 0 Å². The van der Waals surface area contributed by atoms with E-state index >= 15 is 0 Å². The van der Waals surface area contributed by atoms with Gasteiger partial charge in [-0.15, -0.1) is 0 Å². The van der Waals surface area contributed by atoms with Crippen LogP contribution in [0.25, 0.3) is 0 Å². The van der Waals surface area contributed by atoms with E-state index in [1.807, 2.05) is 12.3 Å². The third-order valence-electron chi connectivity index (χ3n) is 3.91. The number of imide groups is 1. The molecule has 1 N–H and O–H groups in total. The second kappa shape index (κ2) is 9.73. The number of benzene rings is 1. The number of nitriles is 1. The number of thioether (sulfide) groups is 1. The molecule has 1 aliphatic rings. The molecule has 9 heteroatoms. The van der Waals surface area contributed by atoms with Gasteiger partial charge in [-0.3, -0.25) is 19.3 Å². The quantitative estimate of drug-likeness (QED) is 0.380. The van der Waals surface area contributed by atoms with Gasteiger partial charge in [0.1, 0.15) is 6.04 Å². The number of carbonyl (C=O) groups is 4. The first-order valence-electron chi connectivity index (χ1n) is 8.27. The van der Waals surface area contributed by atoms with Crippen LogP contribution in [0.5, 0.6) is 0 Å². The molecule has 0 saturated heterocycles. The lowest BCUT2D eigenvalue weighted by Gasteiger charge is -2.24. The largest absolute Gasteiger partial charge is 0.454 e. The maximum absolute atomic E-state index is 12.6. The third-order valence-corrected chi connectivity index (χ3v) is 4.55. The summed E-state index contributed by atoms with van der Waals surface area (Å²) in [7, 11) is 0. The summed E-state index contributed by atoms with van der Waals surface area (Å²) in [6.45, 7) is -0.385. The SMILES string of the molecule is CSCCC(C(=O)OCC(=O)NCCC#N)N1C(=O)c2ccccc2C1=O. The monoisotopic (exact) mass is 389 g/mol. The topological polar surface area (TPSA) is 117 Å². The smallest absolute Gasteiger partial charge is 0.329 e. The van der Waals surface area contributed by atoms with Gasteiger partial charge in [0, 0.05) is 6.54 Å². The van der Waals surface area contributed by atoms with Crippen LogP contribution in [0.15, 0.2) is 24.3 Å². The minimum absolute atomic E-state index is 0.144. The molecular formula is C18H19N3O5S. The van der Waals surface area contributed by atoms with Crippen molar-refractivity contribution in [3.63, 3.8) is 0 Å².